The van der Waals surface area contributed by atoms with Crippen molar-refractivity contribution in [2.24, 2.45) is 5.73 Å². The fourth-order valence-corrected chi connectivity index (χ4v) is 1.30. The molecule has 0 radical (unpaired) electrons. The molecule has 4 N–H and O–H groups in total. The molecule has 0 aliphatic heterocycles. The van der Waals surface area contributed by atoms with Crippen LogP contribution in [0.1, 0.15) is 15.9 Å². The Hall–Kier alpha value is -1.56. The monoisotopic (exact) mass is 271 g/mol. The molecule has 0 aliphatic carbocycles. The van der Waals surface area contributed by atoms with Gasteiger partial charge in [0.25, 0.3) is 5.91 Å². The minimum absolute atomic E-state index is 0.422. The first-order valence-corrected chi connectivity index (χ1v) is 4.92. The lowest BCUT2D eigenvalue weighted by Gasteiger charge is -2.05. The quantitative estimate of drug-likeness (QED) is 0.668. The van der Waals surface area contributed by atoms with Gasteiger partial charge >= 0.3 is 6.03 Å². The molecule has 80 valence electrons. The van der Waals surface area contributed by atoms with E-state index >= 15 is 0 Å². The highest BCUT2D eigenvalue weighted by Crippen LogP contribution is 2.17. The van der Waals surface area contributed by atoms with Crippen LogP contribution in [-0.4, -0.2) is 11.9 Å². The van der Waals surface area contributed by atoms with Gasteiger partial charge in [-0.05, 0) is 24.6 Å². The topological polar surface area (TPSA) is 84.2 Å². The molecule has 5 nitrogen and oxygen atoms in total. The molecule has 0 bridgehead atoms. The van der Waals surface area contributed by atoms with Gasteiger partial charge < -0.3 is 5.73 Å². The number of nitrogens with two attached hydrogens (primary N) is 1. The lowest BCUT2D eigenvalue weighted by atomic mass is 10.1. The average Bonchev–Trinajstić information content (AvgIpc) is 2.18. The van der Waals surface area contributed by atoms with Crippen LogP contribution in [0.15, 0.2) is 22.7 Å². The van der Waals surface area contributed by atoms with E-state index in [1.54, 1.807) is 18.2 Å². The van der Waals surface area contributed by atoms with Gasteiger partial charge in [-0.15, -0.1) is 0 Å². The van der Waals surface area contributed by atoms with Crippen molar-refractivity contribution in [3.63, 3.8) is 0 Å². The van der Waals surface area contributed by atoms with E-state index in [4.69, 9.17) is 5.73 Å². The average molecular weight is 272 g/mol. The highest BCUT2D eigenvalue weighted by Gasteiger charge is 2.06. The van der Waals surface area contributed by atoms with Gasteiger partial charge in [0, 0.05) is 10.0 Å². The van der Waals surface area contributed by atoms with Crippen LogP contribution in [0.3, 0.4) is 0 Å². The number of nitrogens with one attached hydrogen (secondary N) is 2. The van der Waals surface area contributed by atoms with Crippen molar-refractivity contribution < 1.29 is 9.59 Å². The van der Waals surface area contributed by atoms with Crippen molar-refractivity contribution in [2.75, 3.05) is 0 Å². The molecule has 6 heteroatoms. The molecule has 0 saturated carbocycles. The van der Waals surface area contributed by atoms with Gasteiger partial charge in [-0.2, -0.15) is 0 Å². The van der Waals surface area contributed by atoms with Crippen LogP contribution in [0.5, 0.6) is 0 Å². The molecule has 1 aromatic rings. The minimum Gasteiger partial charge on any atom is -0.350 e. The maximum atomic E-state index is 11.4. The van der Waals surface area contributed by atoms with Crippen molar-refractivity contribution in [3.8, 4) is 0 Å². The van der Waals surface area contributed by atoms with Crippen molar-refractivity contribution in [3.05, 3.63) is 33.8 Å². The highest BCUT2D eigenvalue weighted by molar-refractivity contribution is 9.10. The summed E-state index contributed by atoms with van der Waals surface area (Å²) in [6.07, 6.45) is 0. The largest absolute Gasteiger partial charge is 0.350 e. The van der Waals surface area contributed by atoms with Gasteiger partial charge in [0.2, 0.25) is 0 Å². The van der Waals surface area contributed by atoms with E-state index in [0.29, 0.717) is 5.56 Å². The number of carbonyl (C=O) groups excluding carboxylic acids is 2. The smallest absolute Gasteiger partial charge is 0.330 e. The Balaban J connectivity index is 2.74. The molecule has 0 atom stereocenters. The first-order chi connectivity index (χ1) is 7.00. The second-order valence-corrected chi connectivity index (χ2v) is 3.76. The first-order valence-electron chi connectivity index (χ1n) is 4.12. The summed E-state index contributed by atoms with van der Waals surface area (Å²) in [4.78, 5) is 21.8. The minimum atomic E-state index is -0.811. The molecule has 0 fully saturated rings. The Morgan fingerprint density at radius 1 is 1.33 bits per heavy atom. The fraction of sp³-hybridized carbons (Fsp3) is 0.111. The van der Waals surface area contributed by atoms with E-state index < -0.39 is 11.9 Å². The summed E-state index contributed by atoms with van der Waals surface area (Å²) in [6.45, 7) is 1.91. The summed E-state index contributed by atoms with van der Waals surface area (Å²) in [7, 11) is 0. The number of aryl methyl sites for hydroxylation is 1. The van der Waals surface area contributed by atoms with Crippen molar-refractivity contribution in [2.45, 2.75) is 6.92 Å². The van der Waals surface area contributed by atoms with E-state index in [0.717, 1.165) is 10.0 Å². The van der Waals surface area contributed by atoms with Crippen LogP contribution in [0.25, 0.3) is 0 Å². The number of amides is 3. The number of halogens is 1. The summed E-state index contributed by atoms with van der Waals surface area (Å²) < 4.78 is 0.828. The molecule has 1 rings (SSSR count). The van der Waals surface area contributed by atoms with E-state index in [9.17, 15) is 9.59 Å². The van der Waals surface area contributed by atoms with Crippen LogP contribution in [-0.2, 0) is 0 Å². The molecule has 3 amide bonds. The van der Waals surface area contributed by atoms with Crippen LogP contribution >= 0.6 is 15.9 Å². The zero-order chi connectivity index (χ0) is 11.4. The van der Waals surface area contributed by atoms with Crippen molar-refractivity contribution in [1.29, 1.82) is 0 Å². The van der Waals surface area contributed by atoms with Gasteiger partial charge in [-0.1, -0.05) is 22.0 Å². The number of hydrogen-bond acceptors (Lipinski definition) is 2. The first kappa shape index (κ1) is 11.5. The lowest BCUT2D eigenvalue weighted by Crippen LogP contribution is -2.44. The van der Waals surface area contributed by atoms with Gasteiger partial charge in [0.15, 0.2) is 0 Å². The lowest BCUT2D eigenvalue weighted by molar-refractivity contribution is 0.0937. The summed E-state index contributed by atoms with van der Waals surface area (Å²) >= 11 is 3.30. The molecule has 0 heterocycles. The number of carbonyl (C=O) groups is 2. The second-order valence-electron chi connectivity index (χ2n) is 2.91. The van der Waals surface area contributed by atoms with E-state index in [1.165, 1.54) is 0 Å². The zero-order valence-electron chi connectivity index (χ0n) is 8.00. The predicted octanol–water partition coefficient (Wildman–Crippen LogP) is 1.07. The molecular formula is C9H10BrN3O2. The summed E-state index contributed by atoms with van der Waals surface area (Å²) in [6, 6.07) is 4.30. The fourth-order valence-electron chi connectivity index (χ4n) is 0.925. The summed E-state index contributed by atoms with van der Waals surface area (Å²) in [5.74, 6) is -0.422. The molecule has 0 spiro atoms. The van der Waals surface area contributed by atoms with Gasteiger partial charge in [0.05, 0.1) is 0 Å². The van der Waals surface area contributed by atoms with Gasteiger partial charge in [0.1, 0.15) is 0 Å². The number of rotatable bonds is 1. The Morgan fingerprint density at radius 2 is 2.00 bits per heavy atom. The highest BCUT2D eigenvalue weighted by atomic mass is 79.9. The molecular weight excluding hydrogens is 262 g/mol. The number of urea groups is 1. The standard InChI is InChI=1S/C9H10BrN3O2/c1-5-2-3-6(4-7(5)10)8(14)12-13-9(11)15/h2-4H,1H3,(H,12,14)(H3,11,13,15). The molecule has 0 aliphatic rings. The second kappa shape index (κ2) is 4.79. The third-order valence-corrected chi connectivity index (χ3v) is 2.59. The van der Waals surface area contributed by atoms with E-state index in [2.05, 4.69) is 21.4 Å². The molecule has 0 aromatic heterocycles. The van der Waals surface area contributed by atoms with Gasteiger partial charge in [-0.25, -0.2) is 10.2 Å². The SMILES string of the molecule is Cc1ccc(C(=O)NNC(N)=O)cc1Br. The molecule has 15 heavy (non-hydrogen) atoms. The normalized spacial score (nSPS) is 9.47. The van der Waals surface area contributed by atoms with E-state index in [1.807, 2.05) is 12.3 Å². The zero-order valence-corrected chi connectivity index (χ0v) is 9.59. The predicted molar refractivity (Wildman–Crippen MR) is 59.1 cm³/mol. The summed E-state index contributed by atoms with van der Waals surface area (Å²) in [5, 5.41) is 0. The molecule has 0 unspecified atom stereocenters. The van der Waals surface area contributed by atoms with Crippen LogP contribution in [0, 0.1) is 6.92 Å². The van der Waals surface area contributed by atoms with Gasteiger partial charge in [-0.3, -0.25) is 10.2 Å². The Morgan fingerprint density at radius 3 is 2.53 bits per heavy atom. The molecule has 0 saturated heterocycles. The van der Waals surface area contributed by atoms with Crippen molar-refractivity contribution in [1.82, 2.24) is 10.9 Å². The van der Waals surface area contributed by atoms with Crippen LogP contribution in [0.4, 0.5) is 4.79 Å². The van der Waals surface area contributed by atoms with E-state index in [-0.39, 0.29) is 0 Å². The number of hydrazine groups is 1. The maximum Gasteiger partial charge on any atom is 0.330 e. The Bertz CT molecular complexity index is 406. The molecule has 1 aromatic carbocycles. The summed E-state index contributed by atoms with van der Waals surface area (Å²) in [5.41, 5.74) is 10.4. The van der Waals surface area contributed by atoms with Crippen LogP contribution in [0.2, 0.25) is 0 Å². The number of primary amides is 1. The number of hydrogen-bond donors (Lipinski definition) is 3. The third kappa shape index (κ3) is 3.25. The Kier molecular flexibility index (Phi) is 3.68. The number of benzene rings is 1. The van der Waals surface area contributed by atoms with Crippen LogP contribution < -0.4 is 16.6 Å². The van der Waals surface area contributed by atoms with Crippen molar-refractivity contribution >= 4 is 27.9 Å². The Labute approximate surface area is 95.1 Å². The maximum absolute atomic E-state index is 11.4. The third-order valence-electron chi connectivity index (χ3n) is 1.73.